The van der Waals surface area contributed by atoms with Gasteiger partial charge in [-0.2, -0.15) is 0 Å². The molecule has 2 amide bonds. The summed E-state index contributed by atoms with van der Waals surface area (Å²) in [5, 5.41) is 16.3. The van der Waals surface area contributed by atoms with E-state index in [1.165, 1.54) is 36.6 Å². The van der Waals surface area contributed by atoms with E-state index in [2.05, 4.69) is 15.5 Å². The number of morpholine rings is 1. The Labute approximate surface area is 179 Å². The van der Waals surface area contributed by atoms with Crippen LogP contribution in [0.2, 0.25) is 0 Å². The van der Waals surface area contributed by atoms with Gasteiger partial charge in [-0.1, -0.05) is 12.1 Å². The number of nitrogens with one attached hydrogen (secondary N) is 2. The van der Waals surface area contributed by atoms with Crippen LogP contribution in [-0.4, -0.2) is 61.0 Å². The van der Waals surface area contributed by atoms with Crippen molar-refractivity contribution in [2.45, 2.75) is 6.42 Å². The molecule has 1 aromatic carbocycles. The molecule has 1 aliphatic rings. The molecular formula is C21H24N4O6. The number of hydrogen-bond acceptors (Lipinski definition) is 7. The minimum Gasteiger partial charge on any atom is -0.459 e. The van der Waals surface area contributed by atoms with Crippen molar-refractivity contribution in [3.63, 3.8) is 0 Å². The molecule has 1 aliphatic heterocycles. The van der Waals surface area contributed by atoms with E-state index in [9.17, 15) is 19.7 Å². The Hall–Kier alpha value is -3.50. The molecule has 0 saturated carbocycles. The molecule has 0 radical (unpaired) electrons. The fraction of sp³-hybridized carbons (Fsp3) is 0.333. The number of non-ortho nitro benzene ring substituents is 1. The second kappa shape index (κ2) is 11.0. The monoisotopic (exact) mass is 428 g/mol. The summed E-state index contributed by atoms with van der Waals surface area (Å²) in [5.41, 5.74) is 0.261. The molecule has 10 nitrogen and oxygen atoms in total. The van der Waals surface area contributed by atoms with Crippen LogP contribution >= 0.6 is 0 Å². The van der Waals surface area contributed by atoms with Gasteiger partial charge < -0.3 is 19.8 Å². The summed E-state index contributed by atoms with van der Waals surface area (Å²) in [4.78, 5) is 37.9. The molecule has 1 fully saturated rings. The highest BCUT2D eigenvalue weighted by atomic mass is 16.6. The standard InChI is InChI=1S/C21H24N4O6/c26-20(22-7-3-8-24-9-12-30-13-10-24)18(23-21(27)19-6-2-11-31-19)15-16-4-1-5-17(14-16)25(28)29/h1-2,4-6,11,14-15H,3,7-10,12-13H2,(H,22,26)(H,23,27). The van der Waals surface area contributed by atoms with Gasteiger partial charge in [0.1, 0.15) is 5.70 Å². The van der Waals surface area contributed by atoms with Crippen LogP contribution in [0.25, 0.3) is 6.08 Å². The van der Waals surface area contributed by atoms with Crippen molar-refractivity contribution in [2.75, 3.05) is 39.4 Å². The molecule has 31 heavy (non-hydrogen) atoms. The van der Waals surface area contributed by atoms with Crippen LogP contribution in [0.5, 0.6) is 0 Å². The molecule has 0 aliphatic carbocycles. The van der Waals surface area contributed by atoms with Crippen molar-refractivity contribution in [3.05, 3.63) is 69.8 Å². The summed E-state index contributed by atoms with van der Waals surface area (Å²) in [6.45, 7) is 4.39. The molecule has 1 saturated heterocycles. The quantitative estimate of drug-likeness (QED) is 0.270. The average molecular weight is 428 g/mol. The van der Waals surface area contributed by atoms with Crippen LogP contribution in [-0.2, 0) is 9.53 Å². The molecule has 2 heterocycles. The highest BCUT2D eigenvalue weighted by molar-refractivity contribution is 6.04. The third-order valence-electron chi connectivity index (χ3n) is 4.67. The lowest BCUT2D eigenvalue weighted by atomic mass is 10.1. The van der Waals surface area contributed by atoms with Gasteiger partial charge in [-0.05, 0) is 36.7 Å². The number of amides is 2. The number of nitro groups is 1. The van der Waals surface area contributed by atoms with Gasteiger partial charge in [0.15, 0.2) is 5.76 Å². The zero-order valence-corrected chi connectivity index (χ0v) is 16.9. The lowest BCUT2D eigenvalue weighted by molar-refractivity contribution is -0.384. The molecule has 0 spiro atoms. The first-order valence-corrected chi connectivity index (χ1v) is 9.92. The van der Waals surface area contributed by atoms with E-state index in [4.69, 9.17) is 9.15 Å². The molecule has 164 valence electrons. The van der Waals surface area contributed by atoms with Gasteiger partial charge in [0.05, 0.1) is 24.4 Å². The van der Waals surface area contributed by atoms with E-state index in [1.807, 2.05) is 0 Å². The van der Waals surface area contributed by atoms with Gasteiger partial charge >= 0.3 is 0 Å². The van der Waals surface area contributed by atoms with Gasteiger partial charge in [0.25, 0.3) is 17.5 Å². The van der Waals surface area contributed by atoms with E-state index in [1.54, 1.807) is 12.1 Å². The maximum absolute atomic E-state index is 12.7. The van der Waals surface area contributed by atoms with E-state index < -0.39 is 16.7 Å². The second-order valence-electron chi connectivity index (χ2n) is 6.91. The first-order chi connectivity index (χ1) is 15.0. The molecule has 0 atom stereocenters. The number of carbonyl (C=O) groups excluding carboxylic acids is 2. The molecule has 0 bridgehead atoms. The minimum absolute atomic E-state index is 0.0340. The zero-order chi connectivity index (χ0) is 22.1. The number of benzene rings is 1. The van der Waals surface area contributed by atoms with Gasteiger partial charge in [0.2, 0.25) is 0 Å². The lowest BCUT2D eigenvalue weighted by Crippen LogP contribution is -2.39. The predicted octanol–water partition coefficient (Wildman–Crippen LogP) is 1.80. The molecule has 2 aromatic rings. The molecular weight excluding hydrogens is 404 g/mol. The fourth-order valence-electron chi connectivity index (χ4n) is 3.07. The van der Waals surface area contributed by atoms with E-state index >= 15 is 0 Å². The van der Waals surface area contributed by atoms with Crippen LogP contribution in [0.15, 0.2) is 52.8 Å². The SMILES string of the molecule is O=C(NCCCN1CCOCC1)C(=Cc1cccc([N+](=O)[O-])c1)NC(=O)c1ccco1. The van der Waals surface area contributed by atoms with Crippen molar-refractivity contribution in [1.82, 2.24) is 15.5 Å². The van der Waals surface area contributed by atoms with E-state index in [0.29, 0.717) is 25.3 Å². The van der Waals surface area contributed by atoms with Crippen LogP contribution in [0.4, 0.5) is 5.69 Å². The van der Waals surface area contributed by atoms with E-state index in [0.717, 1.165) is 26.1 Å². The van der Waals surface area contributed by atoms with E-state index in [-0.39, 0.29) is 17.1 Å². The van der Waals surface area contributed by atoms with Gasteiger partial charge in [-0.3, -0.25) is 24.6 Å². The number of nitro benzene ring substituents is 1. The maximum Gasteiger partial charge on any atom is 0.291 e. The summed E-state index contributed by atoms with van der Waals surface area (Å²) in [5.74, 6) is -1.04. The van der Waals surface area contributed by atoms with Crippen molar-refractivity contribution < 1.29 is 23.7 Å². The summed E-state index contributed by atoms with van der Waals surface area (Å²) >= 11 is 0. The summed E-state index contributed by atoms with van der Waals surface area (Å²) in [6.07, 6.45) is 3.48. The largest absolute Gasteiger partial charge is 0.459 e. The number of hydrogen-bond donors (Lipinski definition) is 2. The number of furan rings is 1. The number of ether oxygens (including phenoxy) is 1. The van der Waals surface area contributed by atoms with Gasteiger partial charge in [-0.25, -0.2) is 0 Å². The normalized spacial score (nSPS) is 14.8. The minimum atomic E-state index is -0.592. The fourth-order valence-corrected chi connectivity index (χ4v) is 3.07. The van der Waals surface area contributed by atoms with Gasteiger partial charge in [-0.15, -0.1) is 0 Å². The average Bonchev–Trinajstić information content (AvgIpc) is 3.32. The van der Waals surface area contributed by atoms with Gasteiger partial charge in [0, 0.05) is 31.8 Å². The number of nitrogens with zero attached hydrogens (tertiary/aromatic N) is 2. The number of rotatable bonds is 9. The summed E-state index contributed by atoms with van der Waals surface area (Å²) in [6, 6.07) is 8.83. The number of carbonyl (C=O) groups is 2. The van der Waals surface area contributed by atoms with Crippen LogP contribution < -0.4 is 10.6 Å². The highest BCUT2D eigenvalue weighted by Crippen LogP contribution is 2.15. The smallest absolute Gasteiger partial charge is 0.291 e. The van der Waals surface area contributed by atoms with Crippen molar-refractivity contribution in [2.24, 2.45) is 0 Å². The topological polar surface area (TPSA) is 127 Å². The Morgan fingerprint density at radius 3 is 2.71 bits per heavy atom. The van der Waals surface area contributed by atoms with Crippen LogP contribution in [0, 0.1) is 10.1 Å². The zero-order valence-electron chi connectivity index (χ0n) is 16.9. The first-order valence-electron chi connectivity index (χ1n) is 9.92. The maximum atomic E-state index is 12.7. The summed E-state index contributed by atoms with van der Waals surface area (Å²) in [7, 11) is 0. The molecule has 3 rings (SSSR count). The van der Waals surface area contributed by atoms with Crippen LogP contribution in [0.1, 0.15) is 22.5 Å². The molecule has 1 aromatic heterocycles. The summed E-state index contributed by atoms with van der Waals surface area (Å²) < 4.78 is 10.4. The Morgan fingerprint density at radius 2 is 2.00 bits per heavy atom. The second-order valence-corrected chi connectivity index (χ2v) is 6.91. The van der Waals surface area contributed by atoms with Crippen molar-refractivity contribution >= 4 is 23.6 Å². The third-order valence-corrected chi connectivity index (χ3v) is 4.67. The lowest BCUT2D eigenvalue weighted by Gasteiger charge is -2.26. The first kappa shape index (κ1) is 22.2. The Morgan fingerprint density at radius 1 is 1.19 bits per heavy atom. The third kappa shape index (κ3) is 6.76. The van der Waals surface area contributed by atoms with Crippen molar-refractivity contribution in [3.8, 4) is 0 Å². The molecule has 2 N–H and O–H groups in total. The highest BCUT2D eigenvalue weighted by Gasteiger charge is 2.17. The Bertz CT molecular complexity index is 935. The van der Waals surface area contributed by atoms with Crippen molar-refractivity contribution in [1.29, 1.82) is 0 Å². The molecule has 0 unspecified atom stereocenters. The molecule has 10 heteroatoms. The Balaban J connectivity index is 1.67. The van der Waals surface area contributed by atoms with Crippen LogP contribution in [0.3, 0.4) is 0 Å². The Kier molecular flexibility index (Phi) is 7.91. The predicted molar refractivity (Wildman–Crippen MR) is 112 cm³/mol.